The van der Waals surface area contributed by atoms with Gasteiger partial charge in [-0.3, -0.25) is 4.79 Å². The number of hydrogen-bond acceptors (Lipinski definition) is 5. The van der Waals surface area contributed by atoms with E-state index >= 15 is 0 Å². The van der Waals surface area contributed by atoms with Gasteiger partial charge in [-0.05, 0) is 17.7 Å². The zero-order valence-electron chi connectivity index (χ0n) is 14.6. The molecule has 0 radical (unpaired) electrons. The first-order chi connectivity index (χ1) is 13.0. The summed E-state index contributed by atoms with van der Waals surface area (Å²) in [5.41, 5.74) is 1.71. The zero-order chi connectivity index (χ0) is 19.2. The Hall–Kier alpha value is -2.02. The molecular formula is C19H17Cl2N3O2S. The Morgan fingerprint density at radius 1 is 1.11 bits per heavy atom. The topological polar surface area (TPSA) is 59.2 Å². The van der Waals surface area contributed by atoms with Crippen molar-refractivity contribution in [1.29, 1.82) is 0 Å². The number of aromatic nitrogens is 2. The number of rotatable bonds is 7. The normalized spacial score (nSPS) is 10.8. The van der Waals surface area contributed by atoms with Crippen LogP contribution in [0.25, 0.3) is 11.4 Å². The molecule has 3 aromatic rings. The van der Waals surface area contributed by atoms with Crippen molar-refractivity contribution in [2.45, 2.75) is 12.3 Å². The summed E-state index contributed by atoms with van der Waals surface area (Å²) < 4.78 is 5.25. The van der Waals surface area contributed by atoms with Crippen LogP contribution in [0.1, 0.15) is 11.5 Å². The van der Waals surface area contributed by atoms with Crippen LogP contribution >= 0.6 is 35.0 Å². The summed E-state index contributed by atoms with van der Waals surface area (Å²) in [6.45, 7) is 0.256. The van der Waals surface area contributed by atoms with Crippen molar-refractivity contribution in [2.75, 3.05) is 12.8 Å². The summed E-state index contributed by atoms with van der Waals surface area (Å²) in [6, 6.07) is 14.9. The Balaban J connectivity index is 1.52. The van der Waals surface area contributed by atoms with E-state index in [-0.39, 0.29) is 12.5 Å². The van der Waals surface area contributed by atoms with Gasteiger partial charge in [-0.15, -0.1) is 11.8 Å². The Labute approximate surface area is 171 Å². The highest BCUT2D eigenvalue weighted by Crippen LogP contribution is 2.28. The van der Waals surface area contributed by atoms with Crippen molar-refractivity contribution >= 4 is 40.9 Å². The smallest absolute Gasteiger partial charge is 0.246 e. The maximum Gasteiger partial charge on any atom is 0.246 e. The van der Waals surface area contributed by atoms with Crippen LogP contribution in [-0.4, -0.2) is 33.7 Å². The molecule has 0 saturated carbocycles. The van der Waals surface area contributed by atoms with E-state index in [2.05, 4.69) is 10.1 Å². The lowest BCUT2D eigenvalue weighted by Crippen LogP contribution is -2.28. The first-order valence-electron chi connectivity index (χ1n) is 8.17. The molecule has 3 rings (SSSR count). The zero-order valence-corrected chi connectivity index (χ0v) is 16.9. The number of hydrogen-bond donors (Lipinski definition) is 0. The third-order valence-electron chi connectivity index (χ3n) is 3.83. The van der Waals surface area contributed by atoms with Crippen LogP contribution in [0.15, 0.2) is 53.1 Å². The average molecular weight is 422 g/mol. The van der Waals surface area contributed by atoms with Crippen molar-refractivity contribution in [3.8, 4) is 11.4 Å². The molecule has 0 aliphatic carbocycles. The van der Waals surface area contributed by atoms with E-state index in [9.17, 15) is 4.79 Å². The average Bonchev–Trinajstić information content (AvgIpc) is 3.13. The minimum Gasteiger partial charge on any atom is -0.337 e. The molecule has 1 aromatic heterocycles. The molecule has 0 aliphatic rings. The summed E-state index contributed by atoms with van der Waals surface area (Å²) >= 11 is 13.8. The molecule has 0 N–H and O–H groups in total. The molecule has 0 bridgehead atoms. The highest BCUT2D eigenvalue weighted by molar-refractivity contribution is 7.99. The lowest BCUT2D eigenvalue weighted by molar-refractivity contribution is -0.127. The molecule has 1 amide bonds. The van der Waals surface area contributed by atoms with Crippen molar-refractivity contribution in [2.24, 2.45) is 0 Å². The minimum absolute atomic E-state index is 0.0392. The van der Waals surface area contributed by atoms with E-state index in [1.54, 1.807) is 30.1 Å². The second kappa shape index (κ2) is 9.26. The van der Waals surface area contributed by atoms with Crippen molar-refractivity contribution in [3.05, 3.63) is 70.0 Å². The van der Waals surface area contributed by atoms with Crippen LogP contribution in [0, 0.1) is 0 Å². The third kappa shape index (κ3) is 5.25. The number of nitrogens with zero attached hydrogens (tertiary/aromatic N) is 3. The molecule has 0 aliphatic heterocycles. The molecule has 0 saturated heterocycles. The van der Waals surface area contributed by atoms with E-state index in [0.717, 1.165) is 11.1 Å². The van der Waals surface area contributed by atoms with Crippen LogP contribution in [-0.2, 0) is 17.1 Å². The number of carbonyl (C=O) groups is 1. The predicted octanol–water partition coefficient (Wildman–Crippen LogP) is 4.94. The fraction of sp³-hybridized carbons (Fsp3) is 0.211. The Bertz CT molecular complexity index is 898. The molecule has 27 heavy (non-hydrogen) atoms. The third-order valence-corrected chi connectivity index (χ3v) is 5.48. The van der Waals surface area contributed by atoms with Crippen molar-refractivity contribution in [3.63, 3.8) is 0 Å². The number of thioether (sulfide) groups is 1. The number of carbonyl (C=O) groups excluding carboxylic acids is 1. The highest BCUT2D eigenvalue weighted by atomic mass is 35.5. The molecule has 140 valence electrons. The summed E-state index contributed by atoms with van der Waals surface area (Å²) in [7, 11) is 1.71. The maximum absolute atomic E-state index is 12.3. The monoisotopic (exact) mass is 421 g/mol. The first-order valence-corrected chi connectivity index (χ1v) is 10.1. The van der Waals surface area contributed by atoms with Gasteiger partial charge in [-0.2, -0.15) is 4.98 Å². The van der Waals surface area contributed by atoms with Gasteiger partial charge in [0, 0.05) is 28.4 Å². The number of benzene rings is 2. The first kappa shape index (κ1) is 19.7. The van der Waals surface area contributed by atoms with Gasteiger partial charge in [0.05, 0.1) is 12.3 Å². The predicted molar refractivity (Wildman–Crippen MR) is 109 cm³/mol. The summed E-state index contributed by atoms with van der Waals surface area (Å²) in [5, 5.41) is 5.17. The molecule has 0 fully saturated rings. The standard InChI is InChI=1S/C19H17Cl2N3O2S/c1-24(10-17-22-19(23-26-17)13-6-3-2-4-7-13)18(25)12-27-11-14-15(20)8-5-9-16(14)21/h2-9H,10-12H2,1H3. The lowest BCUT2D eigenvalue weighted by Gasteiger charge is -2.14. The Morgan fingerprint density at radius 2 is 1.81 bits per heavy atom. The second-order valence-corrected chi connectivity index (χ2v) is 7.62. The van der Waals surface area contributed by atoms with Gasteiger partial charge < -0.3 is 9.42 Å². The summed E-state index contributed by atoms with van der Waals surface area (Å²) in [6.07, 6.45) is 0. The van der Waals surface area contributed by atoms with Crippen LogP contribution in [0.2, 0.25) is 10.0 Å². The van der Waals surface area contributed by atoms with Gasteiger partial charge in [0.1, 0.15) is 0 Å². The van der Waals surface area contributed by atoms with Crippen molar-refractivity contribution < 1.29 is 9.32 Å². The van der Waals surface area contributed by atoms with Gasteiger partial charge in [-0.1, -0.05) is 64.8 Å². The molecule has 0 atom stereocenters. The Morgan fingerprint density at radius 3 is 2.52 bits per heavy atom. The fourth-order valence-corrected chi connectivity index (χ4v) is 4.04. The van der Waals surface area contributed by atoms with Gasteiger partial charge in [0.25, 0.3) is 0 Å². The molecule has 8 heteroatoms. The second-order valence-electron chi connectivity index (χ2n) is 5.82. The highest BCUT2D eigenvalue weighted by Gasteiger charge is 2.15. The molecule has 0 unspecified atom stereocenters. The van der Waals surface area contributed by atoms with Crippen LogP contribution < -0.4 is 0 Å². The van der Waals surface area contributed by atoms with Crippen molar-refractivity contribution in [1.82, 2.24) is 15.0 Å². The van der Waals surface area contributed by atoms with E-state index in [0.29, 0.717) is 33.3 Å². The van der Waals surface area contributed by atoms with Gasteiger partial charge in [0.2, 0.25) is 17.6 Å². The lowest BCUT2D eigenvalue weighted by atomic mass is 10.2. The largest absolute Gasteiger partial charge is 0.337 e. The van der Waals surface area contributed by atoms with E-state index in [1.165, 1.54) is 11.8 Å². The maximum atomic E-state index is 12.3. The SMILES string of the molecule is CN(Cc1nc(-c2ccccc2)no1)C(=O)CSCc1c(Cl)cccc1Cl. The summed E-state index contributed by atoms with van der Waals surface area (Å²) in [4.78, 5) is 18.2. The fourth-order valence-electron chi connectivity index (χ4n) is 2.34. The van der Waals surface area contributed by atoms with Gasteiger partial charge >= 0.3 is 0 Å². The van der Waals surface area contributed by atoms with Gasteiger partial charge in [0.15, 0.2) is 0 Å². The Kier molecular flexibility index (Phi) is 6.77. The van der Waals surface area contributed by atoms with Crippen LogP contribution in [0.3, 0.4) is 0 Å². The van der Waals surface area contributed by atoms with E-state index in [1.807, 2.05) is 30.3 Å². The van der Waals surface area contributed by atoms with E-state index in [4.69, 9.17) is 27.7 Å². The molecule has 0 spiro atoms. The quantitative estimate of drug-likeness (QED) is 0.540. The minimum atomic E-state index is -0.0392. The molecule has 1 heterocycles. The van der Waals surface area contributed by atoms with Crippen LogP contribution in [0.5, 0.6) is 0 Å². The summed E-state index contributed by atoms with van der Waals surface area (Å²) in [5.74, 6) is 1.73. The van der Waals surface area contributed by atoms with E-state index < -0.39 is 0 Å². The number of amides is 1. The van der Waals surface area contributed by atoms with Crippen LogP contribution in [0.4, 0.5) is 0 Å². The molecular weight excluding hydrogens is 405 g/mol. The number of halogens is 2. The van der Waals surface area contributed by atoms with Gasteiger partial charge in [-0.25, -0.2) is 0 Å². The molecule has 2 aromatic carbocycles. The molecule has 5 nitrogen and oxygen atoms in total.